The van der Waals surface area contributed by atoms with Gasteiger partial charge in [-0.1, -0.05) is 38.0 Å². The Morgan fingerprint density at radius 1 is 1.00 bits per heavy atom. The largest absolute Gasteiger partial charge is 0.481 e. The number of carboxylic acid groups (broad SMARTS) is 1. The summed E-state index contributed by atoms with van der Waals surface area (Å²) < 4.78 is 15.6. The van der Waals surface area contributed by atoms with Gasteiger partial charge in [-0.15, -0.1) is 15.0 Å². The molecule has 1 rings (SSSR count). The monoisotopic (exact) mass is 431 g/mol. The van der Waals surface area contributed by atoms with Crippen molar-refractivity contribution >= 4 is 18.6 Å². The van der Waals surface area contributed by atoms with Gasteiger partial charge >= 0.3 is 24.0 Å². The average Bonchev–Trinajstić information content (AvgIpc) is 2.69. The summed E-state index contributed by atoms with van der Waals surface area (Å²) in [4.78, 5) is 21.4. The maximum atomic E-state index is 9.55. The van der Waals surface area contributed by atoms with Gasteiger partial charge in [0, 0.05) is 5.75 Å². The number of ether oxygens (including phenoxy) is 3. The van der Waals surface area contributed by atoms with Crippen molar-refractivity contribution in [2.75, 3.05) is 32.2 Å². The van der Waals surface area contributed by atoms with Gasteiger partial charge in [0.1, 0.15) is 19.8 Å². The first-order valence-corrected chi connectivity index (χ1v) is 9.06. The SMILES string of the molecule is C=CCOc1nc(OCC=C)nc(OCC=C)n1.CC(O)CO.O=C(O)CCS. The van der Waals surface area contributed by atoms with E-state index < -0.39 is 12.1 Å². The van der Waals surface area contributed by atoms with Crippen LogP contribution in [0.3, 0.4) is 0 Å². The van der Waals surface area contributed by atoms with Crippen LogP contribution in [0.1, 0.15) is 13.3 Å². The zero-order chi connectivity index (χ0) is 22.5. The molecule has 11 heteroatoms. The predicted molar refractivity (Wildman–Crippen MR) is 112 cm³/mol. The van der Waals surface area contributed by atoms with Crippen molar-refractivity contribution in [3.8, 4) is 18.0 Å². The van der Waals surface area contributed by atoms with E-state index in [9.17, 15) is 4.79 Å². The molecular formula is C18H29N3O7S. The molecule has 1 unspecified atom stereocenters. The fourth-order valence-electron chi connectivity index (χ4n) is 1.01. The van der Waals surface area contributed by atoms with E-state index in [1.807, 2.05) is 0 Å². The molecule has 1 aromatic heterocycles. The minimum Gasteiger partial charge on any atom is -0.481 e. The molecule has 0 aromatic carbocycles. The second-order valence-electron chi connectivity index (χ2n) is 4.88. The van der Waals surface area contributed by atoms with Crippen LogP contribution < -0.4 is 14.2 Å². The fourth-order valence-corrected chi connectivity index (χ4v) is 1.20. The summed E-state index contributed by atoms with van der Waals surface area (Å²) in [6.45, 7) is 12.8. The van der Waals surface area contributed by atoms with Crippen LogP contribution in [0, 0.1) is 0 Å². The zero-order valence-electron chi connectivity index (χ0n) is 16.4. The Morgan fingerprint density at radius 3 is 1.45 bits per heavy atom. The topological polar surface area (TPSA) is 144 Å². The quantitative estimate of drug-likeness (QED) is 0.282. The van der Waals surface area contributed by atoms with E-state index >= 15 is 0 Å². The van der Waals surface area contributed by atoms with Gasteiger partial charge in [-0.3, -0.25) is 4.79 Å². The normalized spacial score (nSPS) is 10.1. The summed E-state index contributed by atoms with van der Waals surface area (Å²) in [5.74, 6) is -0.361. The number of aliphatic hydroxyl groups excluding tert-OH is 2. The highest BCUT2D eigenvalue weighted by atomic mass is 32.1. The molecule has 0 bridgehead atoms. The van der Waals surface area contributed by atoms with Gasteiger partial charge in [-0.05, 0) is 6.92 Å². The van der Waals surface area contributed by atoms with Crippen LogP contribution in [0.5, 0.6) is 18.0 Å². The number of rotatable bonds is 12. The van der Waals surface area contributed by atoms with Gasteiger partial charge in [0.05, 0.1) is 19.1 Å². The second kappa shape index (κ2) is 20.1. The standard InChI is InChI=1S/C12H15N3O3.C3H6O2S.C3H8O2/c1-4-7-16-10-13-11(17-8-5-2)15-12(14-10)18-9-6-3;4-3(5)1-2-6;1-3(5)2-4/h4-6H,1-3,7-9H2;6H,1-2H2,(H,4,5);3-5H,2H2,1H3. The molecule has 1 atom stereocenters. The molecule has 0 aliphatic heterocycles. The van der Waals surface area contributed by atoms with Crippen molar-refractivity contribution < 1.29 is 34.3 Å². The van der Waals surface area contributed by atoms with Crippen LogP contribution in [0.4, 0.5) is 0 Å². The van der Waals surface area contributed by atoms with Gasteiger partial charge in [-0.25, -0.2) is 0 Å². The van der Waals surface area contributed by atoms with Crippen molar-refractivity contribution in [2.24, 2.45) is 0 Å². The number of carbonyl (C=O) groups is 1. The Balaban J connectivity index is 0. The molecule has 164 valence electrons. The zero-order valence-corrected chi connectivity index (χ0v) is 17.3. The maximum Gasteiger partial charge on any atom is 0.326 e. The number of aromatic nitrogens is 3. The Hall–Kier alpha value is -2.63. The number of aliphatic hydroxyl groups is 2. The van der Waals surface area contributed by atoms with Crippen LogP contribution in [-0.4, -0.2) is 74.5 Å². The lowest BCUT2D eigenvalue weighted by atomic mass is 10.5. The number of aliphatic carboxylic acids is 1. The molecular weight excluding hydrogens is 402 g/mol. The number of hydrogen-bond donors (Lipinski definition) is 4. The van der Waals surface area contributed by atoms with E-state index in [0.29, 0.717) is 5.75 Å². The summed E-state index contributed by atoms with van der Waals surface area (Å²) in [5, 5.41) is 23.9. The Labute approximate surface area is 176 Å². The lowest BCUT2D eigenvalue weighted by Gasteiger charge is -2.07. The van der Waals surface area contributed by atoms with Gasteiger partial charge in [0.25, 0.3) is 0 Å². The van der Waals surface area contributed by atoms with E-state index in [-0.39, 0.29) is 50.9 Å². The summed E-state index contributed by atoms with van der Waals surface area (Å²) in [6.07, 6.45) is 4.34. The fraction of sp³-hybridized carbons (Fsp3) is 0.444. The molecule has 3 N–H and O–H groups in total. The van der Waals surface area contributed by atoms with Crippen molar-refractivity contribution in [1.82, 2.24) is 15.0 Å². The smallest absolute Gasteiger partial charge is 0.326 e. The average molecular weight is 432 g/mol. The molecule has 0 aliphatic carbocycles. The molecule has 10 nitrogen and oxygen atoms in total. The molecule has 0 radical (unpaired) electrons. The second-order valence-corrected chi connectivity index (χ2v) is 5.33. The number of carboxylic acids is 1. The van der Waals surface area contributed by atoms with Crippen LogP contribution in [0.15, 0.2) is 38.0 Å². The van der Waals surface area contributed by atoms with Gasteiger partial charge < -0.3 is 29.5 Å². The molecule has 0 amide bonds. The molecule has 0 saturated carbocycles. The number of hydrogen-bond acceptors (Lipinski definition) is 10. The van der Waals surface area contributed by atoms with Gasteiger partial charge in [0.15, 0.2) is 0 Å². The van der Waals surface area contributed by atoms with Crippen LogP contribution >= 0.6 is 12.6 Å². The van der Waals surface area contributed by atoms with Gasteiger partial charge in [-0.2, -0.15) is 12.6 Å². The lowest BCUT2D eigenvalue weighted by Crippen LogP contribution is -2.07. The molecule has 1 heterocycles. The third-order valence-electron chi connectivity index (χ3n) is 2.15. The minimum absolute atomic E-state index is 0.114. The van der Waals surface area contributed by atoms with Gasteiger partial charge in [0.2, 0.25) is 0 Å². The first-order valence-electron chi connectivity index (χ1n) is 8.43. The van der Waals surface area contributed by atoms with Crippen LogP contribution in [-0.2, 0) is 4.79 Å². The van der Waals surface area contributed by atoms with Crippen molar-refractivity contribution in [1.29, 1.82) is 0 Å². The van der Waals surface area contributed by atoms with E-state index in [2.05, 4.69) is 47.3 Å². The predicted octanol–water partition coefficient (Wildman–Crippen LogP) is 1.32. The minimum atomic E-state index is -0.787. The Bertz CT molecular complexity index is 527. The van der Waals surface area contributed by atoms with E-state index in [0.717, 1.165) is 0 Å². The highest BCUT2D eigenvalue weighted by Gasteiger charge is 2.08. The molecule has 0 fully saturated rings. The summed E-state index contributed by atoms with van der Waals surface area (Å²) in [5.41, 5.74) is 0. The van der Waals surface area contributed by atoms with Crippen molar-refractivity contribution in [2.45, 2.75) is 19.4 Å². The number of nitrogens with zero attached hydrogens (tertiary/aromatic N) is 3. The van der Waals surface area contributed by atoms with E-state index in [1.54, 1.807) is 18.2 Å². The summed E-state index contributed by atoms with van der Waals surface area (Å²) in [6, 6.07) is 0.342. The maximum absolute atomic E-state index is 9.55. The van der Waals surface area contributed by atoms with Crippen molar-refractivity contribution in [3.05, 3.63) is 38.0 Å². The molecule has 29 heavy (non-hydrogen) atoms. The van der Waals surface area contributed by atoms with E-state index in [1.165, 1.54) is 6.92 Å². The molecule has 0 aliphatic rings. The summed E-state index contributed by atoms with van der Waals surface area (Å²) in [7, 11) is 0. The Kier molecular flexibility index (Phi) is 19.8. The molecule has 0 spiro atoms. The first-order chi connectivity index (χ1) is 13.8. The van der Waals surface area contributed by atoms with Crippen LogP contribution in [0.2, 0.25) is 0 Å². The highest BCUT2D eigenvalue weighted by molar-refractivity contribution is 7.80. The Morgan fingerprint density at radius 2 is 1.31 bits per heavy atom. The van der Waals surface area contributed by atoms with Crippen molar-refractivity contribution in [3.63, 3.8) is 0 Å². The lowest BCUT2D eigenvalue weighted by molar-refractivity contribution is -0.136. The first kappa shape index (κ1) is 28.6. The number of thiol groups is 1. The third kappa shape index (κ3) is 19.9. The molecule has 0 saturated heterocycles. The van der Waals surface area contributed by atoms with Crippen LogP contribution in [0.25, 0.3) is 0 Å². The summed E-state index contributed by atoms with van der Waals surface area (Å²) >= 11 is 3.68. The highest BCUT2D eigenvalue weighted by Crippen LogP contribution is 2.14. The molecule has 1 aromatic rings. The van der Waals surface area contributed by atoms with E-state index in [4.69, 9.17) is 29.5 Å². The third-order valence-corrected chi connectivity index (χ3v) is 2.38.